The normalized spacial score (nSPS) is 11.2. The van der Waals surface area contributed by atoms with Gasteiger partial charge in [-0.1, -0.05) is 51.6 Å². The zero-order valence-corrected chi connectivity index (χ0v) is 19.6. The van der Waals surface area contributed by atoms with Gasteiger partial charge in [0.25, 0.3) is 0 Å². The van der Waals surface area contributed by atoms with Crippen LogP contribution >= 0.6 is 11.8 Å². The van der Waals surface area contributed by atoms with Gasteiger partial charge in [0.15, 0.2) is 11.0 Å². The highest BCUT2D eigenvalue weighted by atomic mass is 32.2. The second kappa shape index (κ2) is 10.5. The van der Waals surface area contributed by atoms with E-state index < -0.39 is 0 Å². The number of benzene rings is 2. The van der Waals surface area contributed by atoms with Crippen molar-refractivity contribution in [2.45, 2.75) is 38.8 Å². The topological polar surface area (TPSA) is 69.0 Å². The lowest BCUT2D eigenvalue weighted by atomic mass is 10.0. The Bertz CT molecular complexity index is 995. The van der Waals surface area contributed by atoms with Crippen molar-refractivity contribution in [2.75, 3.05) is 17.7 Å². The number of ether oxygens (including phenoxy) is 1. The third-order valence-electron chi connectivity index (χ3n) is 4.72. The number of carbonyl (C=O) groups is 1. The van der Waals surface area contributed by atoms with Gasteiger partial charge in [0, 0.05) is 18.3 Å². The summed E-state index contributed by atoms with van der Waals surface area (Å²) in [6.07, 6.45) is 0. The summed E-state index contributed by atoms with van der Waals surface area (Å²) in [7, 11) is 1.91. The second-order valence-electron chi connectivity index (χ2n) is 8.21. The van der Waals surface area contributed by atoms with Crippen LogP contribution in [0.15, 0.2) is 53.7 Å². The first-order valence-corrected chi connectivity index (χ1v) is 11.5. The summed E-state index contributed by atoms with van der Waals surface area (Å²) in [6.45, 7) is 9.22. The predicted molar refractivity (Wildman–Crippen MR) is 127 cm³/mol. The Morgan fingerprint density at radius 3 is 2.32 bits per heavy atom. The molecular formula is C24H30N4O2S. The van der Waals surface area contributed by atoms with Gasteiger partial charge in [-0.3, -0.25) is 4.79 Å². The molecule has 6 nitrogen and oxygen atoms in total. The first-order valence-electron chi connectivity index (χ1n) is 10.5. The van der Waals surface area contributed by atoms with Crippen LogP contribution in [-0.2, 0) is 11.8 Å². The molecule has 3 aromatic rings. The minimum atomic E-state index is -0.0708. The predicted octanol–water partition coefficient (Wildman–Crippen LogP) is 5.37. The highest BCUT2D eigenvalue weighted by Crippen LogP contribution is 2.25. The van der Waals surface area contributed by atoms with E-state index in [-0.39, 0.29) is 11.7 Å². The molecule has 1 amide bonds. The zero-order valence-electron chi connectivity index (χ0n) is 18.8. The van der Waals surface area contributed by atoms with E-state index in [1.54, 1.807) is 0 Å². The van der Waals surface area contributed by atoms with E-state index in [0.29, 0.717) is 23.6 Å². The lowest BCUT2D eigenvalue weighted by molar-refractivity contribution is -0.113. The molecule has 0 aliphatic rings. The van der Waals surface area contributed by atoms with Crippen LogP contribution in [0, 0.1) is 5.92 Å². The van der Waals surface area contributed by atoms with Crippen LogP contribution < -0.4 is 10.1 Å². The van der Waals surface area contributed by atoms with Crippen molar-refractivity contribution in [3.8, 4) is 17.1 Å². The quantitative estimate of drug-likeness (QED) is 0.455. The number of amides is 1. The molecule has 1 N–H and O–H groups in total. The smallest absolute Gasteiger partial charge is 0.234 e. The molecule has 0 radical (unpaired) electrons. The maximum Gasteiger partial charge on any atom is 0.234 e. The number of carbonyl (C=O) groups excluding carboxylic acids is 1. The van der Waals surface area contributed by atoms with Crippen molar-refractivity contribution < 1.29 is 9.53 Å². The molecule has 0 saturated heterocycles. The highest BCUT2D eigenvalue weighted by molar-refractivity contribution is 7.99. The number of anilines is 1. The monoisotopic (exact) mass is 438 g/mol. The third-order valence-corrected chi connectivity index (χ3v) is 5.74. The summed E-state index contributed by atoms with van der Waals surface area (Å²) in [5.74, 6) is 2.73. The molecule has 0 spiro atoms. The lowest BCUT2D eigenvalue weighted by Gasteiger charge is -2.09. The largest absolute Gasteiger partial charge is 0.493 e. The summed E-state index contributed by atoms with van der Waals surface area (Å²) in [5, 5.41) is 12.2. The summed E-state index contributed by atoms with van der Waals surface area (Å²) in [4.78, 5) is 12.3. The fourth-order valence-electron chi connectivity index (χ4n) is 2.93. The number of rotatable bonds is 9. The Morgan fingerprint density at radius 1 is 1.03 bits per heavy atom. The molecule has 0 aliphatic heterocycles. The van der Waals surface area contributed by atoms with E-state index in [1.165, 1.54) is 17.3 Å². The molecular weight excluding hydrogens is 408 g/mol. The van der Waals surface area contributed by atoms with E-state index in [2.05, 4.69) is 43.2 Å². The molecule has 0 atom stereocenters. The third kappa shape index (κ3) is 6.34. The van der Waals surface area contributed by atoms with Gasteiger partial charge < -0.3 is 14.6 Å². The van der Waals surface area contributed by atoms with Gasteiger partial charge in [-0.15, -0.1) is 10.2 Å². The van der Waals surface area contributed by atoms with Gasteiger partial charge in [0.05, 0.1) is 12.4 Å². The molecule has 0 bridgehead atoms. The minimum absolute atomic E-state index is 0.0708. The molecule has 3 rings (SSSR count). The first kappa shape index (κ1) is 22.9. The van der Waals surface area contributed by atoms with Gasteiger partial charge in [-0.25, -0.2) is 0 Å². The number of hydrogen-bond acceptors (Lipinski definition) is 5. The van der Waals surface area contributed by atoms with Crippen LogP contribution in [0.25, 0.3) is 11.4 Å². The van der Waals surface area contributed by atoms with Crippen molar-refractivity contribution in [1.29, 1.82) is 0 Å². The molecule has 2 aromatic carbocycles. The van der Waals surface area contributed by atoms with Crippen LogP contribution in [-0.4, -0.2) is 33.0 Å². The standard InChI is InChI=1S/C24H30N4O2S/c1-16(2)14-30-21-12-8-19(9-13-21)23-26-27-24(28(23)5)31-15-22(29)25-20-10-6-18(7-11-20)17(3)4/h6-13,16-17H,14-15H2,1-5H3,(H,25,29). The average Bonchev–Trinajstić information content (AvgIpc) is 3.12. The van der Waals surface area contributed by atoms with Crippen molar-refractivity contribution >= 4 is 23.4 Å². The fraction of sp³-hybridized carbons (Fsp3) is 0.375. The minimum Gasteiger partial charge on any atom is -0.493 e. The molecule has 164 valence electrons. The molecule has 7 heteroatoms. The zero-order chi connectivity index (χ0) is 22.4. The Kier molecular flexibility index (Phi) is 7.74. The van der Waals surface area contributed by atoms with Crippen LogP contribution in [0.4, 0.5) is 5.69 Å². The molecule has 0 aliphatic carbocycles. The number of aromatic nitrogens is 3. The van der Waals surface area contributed by atoms with Crippen molar-refractivity contribution in [3.05, 3.63) is 54.1 Å². The first-order chi connectivity index (χ1) is 14.8. The van der Waals surface area contributed by atoms with Crippen molar-refractivity contribution in [1.82, 2.24) is 14.8 Å². The van der Waals surface area contributed by atoms with Crippen LogP contribution in [0.3, 0.4) is 0 Å². The van der Waals surface area contributed by atoms with E-state index in [1.807, 2.05) is 60.1 Å². The number of nitrogens with one attached hydrogen (secondary N) is 1. The molecule has 0 fully saturated rings. The Hall–Kier alpha value is -2.80. The SMILES string of the molecule is CC(C)COc1ccc(-c2nnc(SCC(=O)Nc3ccc(C(C)C)cc3)n2C)cc1. The van der Waals surface area contributed by atoms with E-state index in [4.69, 9.17) is 4.74 Å². The van der Waals surface area contributed by atoms with Gasteiger partial charge in [0.2, 0.25) is 5.91 Å². The van der Waals surface area contributed by atoms with Crippen LogP contribution in [0.2, 0.25) is 0 Å². The maximum absolute atomic E-state index is 12.3. The summed E-state index contributed by atoms with van der Waals surface area (Å²) in [5.41, 5.74) is 3.00. The van der Waals surface area contributed by atoms with Gasteiger partial charge in [-0.05, 0) is 53.8 Å². The summed E-state index contributed by atoms with van der Waals surface area (Å²) >= 11 is 1.37. The van der Waals surface area contributed by atoms with Crippen LogP contribution in [0.5, 0.6) is 5.75 Å². The van der Waals surface area contributed by atoms with Crippen molar-refractivity contribution in [3.63, 3.8) is 0 Å². The van der Waals surface area contributed by atoms with Gasteiger partial charge in [-0.2, -0.15) is 0 Å². The number of thioether (sulfide) groups is 1. The molecule has 31 heavy (non-hydrogen) atoms. The lowest BCUT2D eigenvalue weighted by Crippen LogP contribution is -2.14. The summed E-state index contributed by atoms with van der Waals surface area (Å²) in [6, 6.07) is 15.8. The molecule has 1 aromatic heterocycles. The van der Waals surface area contributed by atoms with Crippen molar-refractivity contribution in [2.24, 2.45) is 13.0 Å². The molecule has 0 saturated carbocycles. The molecule has 1 heterocycles. The summed E-state index contributed by atoms with van der Waals surface area (Å²) < 4.78 is 7.64. The fourth-order valence-corrected chi connectivity index (χ4v) is 3.64. The number of nitrogens with zero attached hydrogens (tertiary/aromatic N) is 3. The van der Waals surface area contributed by atoms with E-state index in [9.17, 15) is 4.79 Å². The number of hydrogen-bond donors (Lipinski definition) is 1. The maximum atomic E-state index is 12.3. The van der Waals surface area contributed by atoms with Gasteiger partial charge >= 0.3 is 0 Å². The Balaban J connectivity index is 1.57. The second-order valence-corrected chi connectivity index (χ2v) is 9.15. The van der Waals surface area contributed by atoms with Gasteiger partial charge in [0.1, 0.15) is 5.75 Å². The van der Waals surface area contributed by atoms with Crippen LogP contribution in [0.1, 0.15) is 39.2 Å². The Morgan fingerprint density at radius 2 is 1.71 bits per heavy atom. The van der Waals surface area contributed by atoms with E-state index >= 15 is 0 Å². The van der Waals surface area contributed by atoms with E-state index in [0.717, 1.165) is 22.8 Å². The average molecular weight is 439 g/mol. The highest BCUT2D eigenvalue weighted by Gasteiger charge is 2.13. The Labute approximate surface area is 188 Å². The molecule has 0 unspecified atom stereocenters.